The Morgan fingerprint density at radius 1 is 1.55 bits per heavy atom. The predicted molar refractivity (Wildman–Crippen MR) is 86.9 cm³/mol. The van der Waals surface area contributed by atoms with Crippen molar-refractivity contribution in [2.75, 3.05) is 6.54 Å². The van der Waals surface area contributed by atoms with E-state index in [1.54, 1.807) is 11.3 Å². The number of hydrogen-bond donors (Lipinski definition) is 2. The van der Waals surface area contributed by atoms with Crippen molar-refractivity contribution >= 4 is 17.2 Å². The van der Waals surface area contributed by atoms with Gasteiger partial charge in [-0.2, -0.15) is 0 Å². The van der Waals surface area contributed by atoms with Gasteiger partial charge in [-0.1, -0.05) is 6.42 Å². The average molecular weight is 319 g/mol. The average Bonchev–Trinajstić information content (AvgIpc) is 3.17. The highest BCUT2D eigenvalue weighted by atomic mass is 32.1. The van der Waals surface area contributed by atoms with Crippen LogP contribution in [0.15, 0.2) is 17.6 Å². The summed E-state index contributed by atoms with van der Waals surface area (Å²) in [6.07, 6.45) is 4.52. The number of carbonyl (C=O) groups is 1. The maximum Gasteiger partial charge on any atom is 0.267 e. The lowest BCUT2D eigenvalue weighted by Gasteiger charge is -2.15. The largest absolute Gasteiger partial charge is 0.393 e. The third kappa shape index (κ3) is 3.08. The molecule has 0 aromatic carbocycles. The third-order valence-electron chi connectivity index (χ3n) is 4.30. The van der Waals surface area contributed by atoms with E-state index in [1.165, 1.54) is 0 Å². The van der Waals surface area contributed by atoms with Gasteiger partial charge in [0, 0.05) is 36.7 Å². The molecule has 2 aromatic heterocycles. The minimum absolute atomic E-state index is 0.0974. The molecule has 1 amide bonds. The first kappa shape index (κ1) is 15.2. The first-order valence-corrected chi connectivity index (χ1v) is 8.47. The number of amides is 1. The Hall–Kier alpha value is -1.66. The highest BCUT2D eigenvalue weighted by Crippen LogP contribution is 2.25. The summed E-state index contributed by atoms with van der Waals surface area (Å²) in [5.74, 6) is 0.0877. The van der Waals surface area contributed by atoms with Crippen LogP contribution in [0, 0.1) is 12.8 Å². The Labute approximate surface area is 134 Å². The molecule has 0 saturated heterocycles. The molecule has 0 bridgehead atoms. The topological polar surface area (TPSA) is 67.2 Å². The van der Waals surface area contributed by atoms with Crippen molar-refractivity contribution in [2.45, 2.75) is 32.3 Å². The zero-order valence-corrected chi connectivity index (χ0v) is 13.7. The zero-order valence-electron chi connectivity index (χ0n) is 12.9. The SMILES string of the molecule is Cc1nc(-c2cc(C(=O)NCC3CCCC3O)n(C)c2)cs1. The van der Waals surface area contributed by atoms with E-state index in [4.69, 9.17) is 0 Å². The number of thiazole rings is 1. The van der Waals surface area contributed by atoms with Gasteiger partial charge < -0.3 is 15.0 Å². The highest BCUT2D eigenvalue weighted by molar-refractivity contribution is 7.09. The minimum atomic E-state index is -0.276. The molecule has 0 aliphatic heterocycles. The molecule has 22 heavy (non-hydrogen) atoms. The number of aliphatic hydroxyl groups is 1. The number of aryl methyl sites for hydroxylation is 2. The molecular formula is C16H21N3O2S. The van der Waals surface area contributed by atoms with Crippen LogP contribution in [0.3, 0.4) is 0 Å². The molecule has 2 atom stereocenters. The number of rotatable bonds is 4. The molecule has 118 valence electrons. The summed E-state index contributed by atoms with van der Waals surface area (Å²) in [5, 5.41) is 15.8. The molecule has 1 fully saturated rings. The molecule has 0 radical (unpaired) electrons. The number of hydrogen-bond acceptors (Lipinski definition) is 4. The van der Waals surface area contributed by atoms with E-state index in [2.05, 4.69) is 10.3 Å². The predicted octanol–water partition coefficient (Wildman–Crippen LogP) is 2.35. The Balaban J connectivity index is 1.69. The smallest absolute Gasteiger partial charge is 0.267 e. The minimum Gasteiger partial charge on any atom is -0.393 e. The Morgan fingerprint density at radius 2 is 2.36 bits per heavy atom. The number of carbonyl (C=O) groups excluding carboxylic acids is 1. The van der Waals surface area contributed by atoms with Crippen molar-refractivity contribution in [1.29, 1.82) is 0 Å². The van der Waals surface area contributed by atoms with Gasteiger partial charge in [0.1, 0.15) is 5.69 Å². The summed E-state index contributed by atoms with van der Waals surface area (Å²) in [6, 6.07) is 1.87. The van der Waals surface area contributed by atoms with Crippen LogP contribution in [0.5, 0.6) is 0 Å². The summed E-state index contributed by atoms with van der Waals surface area (Å²) in [5.41, 5.74) is 2.48. The van der Waals surface area contributed by atoms with Crippen molar-refractivity contribution in [3.8, 4) is 11.3 Å². The standard InChI is InChI=1S/C16H21N3O2S/c1-10-18-13(9-22-10)12-6-14(19(2)8-12)16(21)17-7-11-4-3-5-15(11)20/h6,8-9,11,15,20H,3-5,7H2,1-2H3,(H,17,21). The Morgan fingerprint density at radius 3 is 3.00 bits per heavy atom. The Kier molecular flexibility index (Phi) is 4.31. The fourth-order valence-electron chi connectivity index (χ4n) is 3.00. The van der Waals surface area contributed by atoms with E-state index in [0.717, 1.165) is 35.5 Å². The number of nitrogens with zero attached hydrogens (tertiary/aromatic N) is 2. The molecule has 6 heteroatoms. The quantitative estimate of drug-likeness (QED) is 0.909. The van der Waals surface area contributed by atoms with E-state index >= 15 is 0 Å². The molecule has 3 rings (SSSR count). The van der Waals surface area contributed by atoms with E-state index in [1.807, 2.05) is 36.2 Å². The summed E-state index contributed by atoms with van der Waals surface area (Å²) >= 11 is 1.60. The number of aromatic nitrogens is 2. The van der Waals surface area contributed by atoms with Crippen LogP contribution in [0.4, 0.5) is 0 Å². The van der Waals surface area contributed by atoms with Gasteiger partial charge in [-0.05, 0) is 25.8 Å². The first-order chi connectivity index (χ1) is 10.5. The van der Waals surface area contributed by atoms with Crippen LogP contribution in [0.2, 0.25) is 0 Å². The van der Waals surface area contributed by atoms with Crippen LogP contribution < -0.4 is 5.32 Å². The molecule has 0 spiro atoms. The van der Waals surface area contributed by atoms with Crippen molar-refractivity contribution in [2.24, 2.45) is 13.0 Å². The zero-order chi connectivity index (χ0) is 15.7. The fourth-order valence-corrected chi connectivity index (χ4v) is 3.62. The van der Waals surface area contributed by atoms with Crippen LogP contribution >= 0.6 is 11.3 Å². The van der Waals surface area contributed by atoms with Crippen LogP contribution in [-0.2, 0) is 7.05 Å². The van der Waals surface area contributed by atoms with E-state index < -0.39 is 0 Å². The van der Waals surface area contributed by atoms with Crippen molar-refractivity contribution in [3.63, 3.8) is 0 Å². The third-order valence-corrected chi connectivity index (χ3v) is 5.07. The molecule has 1 saturated carbocycles. The van der Waals surface area contributed by atoms with Gasteiger partial charge in [0.05, 0.1) is 16.8 Å². The first-order valence-electron chi connectivity index (χ1n) is 7.59. The fraction of sp³-hybridized carbons (Fsp3) is 0.500. The lowest BCUT2D eigenvalue weighted by atomic mass is 10.1. The molecule has 2 unspecified atom stereocenters. The van der Waals surface area contributed by atoms with Crippen LogP contribution in [-0.4, -0.2) is 33.2 Å². The van der Waals surface area contributed by atoms with Gasteiger partial charge in [0.15, 0.2) is 0 Å². The molecule has 2 aromatic rings. The van der Waals surface area contributed by atoms with Crippen molar-refractivity contribution in [3.05, 3.63) is 28.3 Å². The monoisotopic (exact) mass is 319 g/mol. The molecule has 5 nitrogen and oxygen atoms in total. The lowest BCUT2D eigenvalue weighted by molar-refractivity contribution is 0.0909. The van der Waals surface area contributed by atoms with Gasteiger partial charge in [-0.3, -0.25) is 4.79 Å². The second kappa shape index (κ2) is 6.22. The van der Waals surface area contributed by atoms with E-state index in [9.17, 15) is 9.90 Å². The van der Waals surface area contributed by atoms with Crippen LogP contribution in [0.25, 0.3) is 11.3 Å². The summed E-state index contributed by atoms with van der Waals surface area (Å²) in [6.45, 7) is 2.51. The maximum atomic E-state index is 12.3. The van der Waals surface area contributed by atoms with Gasteiger partial charge in [0.2, 0.25) is 0 Å². The lowest BCUT2D eigenvalue weighted by Crippen LogP contribution is -2.33. The van der Waals surface area contributed by atoms with Crippen molar-refractivity contribution < 1.29 is 9.90 Å². The van der Waals surface area contributed by atoms with E-state index in [0.29, 0.717) is 12.2 Å². The molecule has 2 heterocycles. The van der Waals surface area contributed by atoms with Crippen molar-refractivity contribution in [1.82, 2.24) is 14.9 Å². The van der Waals surface area contributed by atoms with E-state index in [-0.39, 0.29) is 17.9 Å². The van der Waals surface area contributed by atoms with Gasteiger partial charge >= 0.3 is 0 Å². The van der Waals surface area contributed by atoms with Gasteiger partial charge in [-0.15, -0.1) is 11.3 Å². The molecule has 1 aliphatic carbocycles. The second-order valence-electron chi connectivity index (χ2n) is 5.95. The molecule has 2 N–H and O–H groups in total. The number of nitrogens with one attached hydrogen (secondary N) is 1. The second-order valence-corrected chi connectivity index (χ2v) is 7.01. The summed E-state index contributed by atoms with van der Waals surface area (Å²) in [7, 11) is 1.86. The molecular weight excluding hydrogens is 298 g/mol. The van der Waals surface area contributed by atoms with Gasteiger partial charge in [-0.25, -0.2) is 4.98 Å². The highest BCUT2D eigenvalue weighted by Gasteiger charge is 2.25. The Bertz CT molecular complexity index is 677. The normalized spacial score (nSPS) is 21.2. The van der Waals surface area contributed by atoms with Crippen LogP contribution in [0.1, 0.15) is 34.8 Å². The van der Waals surface area contributed by atoms with Gasteiger partial charge in [0.25, 0.3) is 5.91 Å². The number of aliphatic hydroxyl groups excluding tert-OH is 1. The maximum absolute atomic E-state index is 12.3. The summed E-state index contributed by atoms with van der Waals surface area (Å²) < 4.78 is 1.82. The summed E-state index contributed by atoms with van der Waals surface area (Å²) in [4.78, 5) is 16.8. The molecule has 1 aliphatic rings.